The summed E-state index contributed by atoms with van der Waals surface area (Å²) < 4.78 is 1.31. The first-order chi connectivity index (χ1) is 3.43. The average molecular weight is 217 g/mol. The molecule has 0 atom stereocenters. The summed E-state index contributed by atoms with van der Waals surface area (Å²) in [5.41, 5.74) is 0. The molecule has 0 spiro atoms. The summed E-state index contributed by atoms with van der Waals surface area (Å²) in [7, 11) is 0. The van der Waals surface area contributed by atoms with Crippen LogP contribution >= 0.6 is 11.3 Å². The van der Waals surface area contributed by atoms with Crippen LogP contribution in [0, 0.1) is 0 Å². The predicted molar refractivity (Wildman–Crippen MR) is 35.2 cm³/mol. The Hall–Kier alpha value is 0.499. The maximum absolute atomic E-state index is 2.19. The van der Waals surface area contributed by atoms with E-state index in [1.807, 2.05) is 11.3 Å². The van der Waals surface area contributed by atoms with E-state index in [2.05, 4.69) is 17.5 Å². The minimum atomic E-state index is 1.31. The molecule has 0 bridgehead atoms. The number of hydrogen-bond acceptors (Lipinski definition) is 1. The number of rotatable bonds is 1. The SMILES string of the molecule is [SnH][CH2]c1cccs1. The van der Waals surface area contributed by atoms with E-state index < -0.39 is 0 Å². The van der Waals surface area contributed by atoms with Crippen LogP contribution in [0.3, 0.4) is 0 Å². The molecule has 0 fully saturated rings. The quantitative estimate of drug-likeness (QED) is 0.619. The Bertz CT molecular complexity index is 123. The van der Waals surface area contributed by atoms with Crippen molar-refractivity contribution in [3.8, 4) is 0 Å². The van der Waals surface area contributed by atoms with Gasteiger partial charge < -0.3 is 0 Å². The second-order valence-corrected chi connectivity index (χ2v) is 3.48. The summed E-state index contributed by atoms with van der Waals surface area (Å²) in [6.45, 7) is 0. The molecule has 0 aliphatic rings. The van der Waals surface area contributed by atoms with Crippen LogP contribution < -0.4 is 0 Å². The molecule has 0 aliphatic heterocycles. The van der Waals surface area contributed by atoms with Crippen molar-refractivity contribution in [2.24, 2.45) is 0 Å². The molecule has 1 heterocycles. The molecule has 36 valence electrons. The van der Waals surface area contributed by atoms with Crippen LogP contribution in [0.25, 0.3) is 0 Å². The Kier molecular flexibility index (Phi) is 2.19. The van der Waals surface area contributed by atoms with Gasteiger partial charge in [-0.05, 0) is 0 Å². The molecular weight excluding hydrogens is 211 g/mol. The van der Waals surface area contributed by atoms with Gasteiger partial charge in [0.1, 0.15) is 0 Å². The first-order valence-corrected chi connectivity index (χ1v) is 5.37. The molecular formula is C5H6SSn. The molecule has 0 unspecified atom stereocenters. The standard InChI is InChI=1S/C5H5S.Sn.H/c1-5-3-2-4-6-5;;/h2-4H,1H2;;. The maximum atomic E-state index is 2.19. The van der Waals surface area contributed by atoms with Gasteiger partial charge in [-0.25, -0.2) is 0 Å². The van der Waals surface area contributed by atoms with Gasteiger partial charge in [0.05, 0.1) is 0 Å². The molecule has 2 heteroatoms. The molecule has 1 aromatic rings. The van der Waals surface area contributed by atoms with Crippen molar-refractivity contribution in [2.75, 3.05) is 0 Å². The molecule has 1 rings (SSSR count). The third kappa shape index (κ3) is 1.46. The summed E-state index contributed by atoms with van der Waals surface area (Å²) in [5, 5.41) is 2.13. The molecule has 0 nitrogen and oxygen atoms in total. The van der Waals surface area contributed by atoms with Gasteiger partial charge in [-0.3, -0.25) is 0 Å². The average Bonchev–Trinajstić information content (AvgIpc) is 2.14. The van der Waals surface area contributed by atoms with E-state index in [0.717, 1.165) is 0 Å². The van der Waals surface area contributed by atoms with E-state index in [0.29, 0.717) is 0 Å². The fourth-order valence-electron chi connectivity index (χ4n) is 0.429. The van der Waals surface area contributed by atoms with Gasteiger partial charge in [0.2, 0.25) is 0 Å². The van der Waals surface area contributed by atoms with E-state index in [9.17, 15) is 0 Å². The summed E-state index contributed by atoms with van der Waals surface area (Å²) >= 11 is 3.21. The van der Waals surface area contributed by atoms with Crippen LogP contribution in [0.2, 0.25) is 0 Å². The molecule has 0 amide bonds. The molecule has 0 aliphatic carbocycles. The van der Waals surface area contributed by atoms with Gasteiger partial charge in [-0.15, -0.1) is 0 Å². The van der Waals surface area contributed by atoms with Crippen molar-refractivity contribution in [3.63, 3.8) is 0 Å². The van der Waals surface area contributed by atoms with Crippen molar-refractivity contribution >= 4 is 33.9 Å². The zero-order valence-electron chi connectivity index (χ0n) is 3.92. The van der Waals surface area contributed by atoms with Crippen LogP contribution in [0.5, 0.6) is 0 Å². The number of hydrogen-bond donors (Lipinski definition) is 0. The van der Waals surface area contributed by atoms with Crippen LogP contribution in [-0.2, 0) is 4.44 Å². The topological polar surface area (TPSA) is 0 Å². The normalized spacial score (nSPS) is 9.29. The van der Waals surface area contributed by atoms with Gasteiger partial charge >= 0.3 is 60.7 Å². The monoisotopic (exact) mass is 218 g/mol. The van der Waals surface area contributed by atoms with Crippen molar-refractivity contribution in [1.82, 2.24) is 0 Å². The van der Waals surface area contributed by atoms with Crippen LogP contribution in [0.4, 0.5) is 0 Å². The summed E-state index contributed by atoms with van der Waals surface area (Å²) in [5.74, 6) is 0. The minimum absolute atomic E-state index is 1.31. The van der Waals surface area contributed by atoms with Gasteiger partial charge in [-0.2, -0.15) is 0 Å². The Morgan fingerprint density at radius 3 is 2.86 bits per heavy atom. The Morgan fingerprint density at radius 2 is 2.57 bits per heavy atom. The van der Waals surface area contributed by atoms with Crippen molar-refractivity contribution in [2.45, 2.75) is 4.44 Å². The first kappa shape index (κ1) is 5.63. The Balaban J connectivity index is 2.76. The fourth-order valence-corrected chi connectivity index (χ4v) is 2.23. The zero-order valence-corrected chi connectivity index (χ0v) is 8.04. The van der Waals surface area contributed by atoms with Crippen molar-refractivity contribution in [3.05, 3.63) is 22.4 Å². The van der Waals surface area contributed by atoms with E-state index >= 15 is 0 Å². The van der Waals surface area contributed by atoms with Crippen molar-refractivity contribution in [1.29, 1.82) is 0 Å². The molecule has 0 saturated heterocycles. The molecule has 7 heavy (non-hydrogen) atoms. The van der Waals surface area contributed by atoms with Gasteiger partial charge in [0.15, 0.2) is 0 Å². The molecule has 0 saturated carbocycles. The van der Waals surface area contributed by atoms with E-state index in [-0.39, 0.29) is 0 Å². The molecule has 0 aromatic carbocycles. The molecule has 0 N–H and O–H groups in total. The molecule has 2 radical (unpaired) electrons. The second-order valence-electron chi connectivity index (χ2n) is 1.28. The van der Waals surface area contributed by atoms with Gasteiger partial charge in [0.25, 0.3) is 0 Å². The zero-order chi connectivity index (χ0) is 5.11. The first-order valence-electron chi connectivity index (χ1n) is 2.16. The number of thiophene rings is 1. The summed E-state index contributed by atoms with van der Waals surface area (Å²) in [4.78, 5) is 1.53. The van der Waals surface area contributed by atoms with Gasteiger partial charge in [-0.1, -0.05) is 0 Å². The van der Waals surface area contributed by atoms with E-state index in [4.69, 9.17) is 0 Å². The summed E-state index contributed by atoms with van der Waals surface area (Å²) in [6.07, 6.45) is 0. The van der Waals surface area contributed by atoms with E-state index in [1.54, 1.807) is 0 Å². The van der Waals surface area contributed by atoms with Crippen LogP contribution in [0.15, 0.2) is 17.5 Å². The van der Waals surface area contributed by atoms with Crippen LogP contribution in [0.1, 0.15) is 4.88 Å². The summed E-state index contributed by atoms with van der Waals surface area (Å²) in [6, 6.07) is 4.30. The third-order valence-electron chi connectivity index (χ3n) is 0.781. The third-order valence-corrected chi connectivity index (χ3v) is 3.78. The Morgan fingerprint density at radius 1 is 1.71 bits per heavy atom. The van der Waals surface area contributed by atoms with Crippen molar-refractivity contribution < 1.29 is 0 Å². The van der Waals surface area contributed by atoms with Gasteiger partial charge in [0, 0.05) is 0 Å². The molecule has 1 aromatic heterocycles. The second kappa shape index (κ2) is 2.72. The Labute approximate surface area is 60.6 Å². The fraction of sp³-hybridized carbons (Fsp3) is 0.200. The van der Waals surface area contributed by atoms with Crippen LogP contribution in [-0.4, -0.2) is 22.5 Å². The van der Waals surface area contributed by atoms with E-state index in [1.165, 1.54) is 31.8 Å². The predicted octanol–water partition coefficient (Wildman–Crippen LogP) is 1.15.